The molecule has 5 nitrogen and oxygen atoms in total. The van der Waals surface area contributed by atoms with Gasteiger partial charge in [-0.2, -0.15) is 23.4 Å². The van der Waals surface area contributed by atoms with Gasteiger partial charge in [0.2, 0.25) is 0 Å². The van der Waals surface area contributed by atoms with Crippen molar-refractivity contribution in [3.05, 3.63) is 41.9 Å². The van der Waals surface area contributed by atoms with Crippen LogP contribution in [0, 0.1) is 0 Å². The van der Waals surface area contributed by atoms with E-state index in [9.17, 15) is 13.2 Å². The molecular formula is C18H16F3N5. The molecule has 4 rings (SSSR count). The van der Waals surface area contributed by atoms with Crippen LogP contribution in [0.2, 0.25) is 0 Å². The Bertz CT molecular complexity index is 1120. The Kier molecular flexibility index (Phi) is 3.37. The van der Waals surface area contributed by atoms with E-state index < -0.39 is 11.9 Å². The summed E-state index contributed by atoms with van der Waals surface area (Å²) in [5, 5.41) is 14.4. The largest absolute Gasteiger partial charge is 0.433 e. The number of aromatic nitrogens is 5. The lowest BCUT2D eigenvalue weighted by molar-refractivity contribution is -0.140. The summed E-state index contributed by atoms with van der Waals surface area (Å²) >= 11 is 0. The molecule has 0 aliphatic heterocycles. The van der Waals surface area contributed by atoms with Gasteiger partial charge in [-0.25, -0.2) is 4.98 Å². The molecule has 26 heavy (non-hydrogen) atoms. The highest BCUT2D eigenvalue weighted by atomic mass is 19.4. The van der Waals surface area contributed by atoms with Crippen molar-refractivity contribution in [3.63, 3.8) is 0 Å². The monoisotopic (exact) mass is 359 g/mol. The van der Waals surface area contributed by atoms with Gasteiger partial charge in [-0.15, -0.1) is 0 Å². The number of pyridine rings is 1. The number of nitrogens with one attached hydrogen (secondary N) is 2. The van der Waals surface area contributed by atoms with Crippen LogP contribution < -0.4 is 0 Å². The van der Waals surface area contributed by atoms with Crippen LogP contribution in [-0.4, -0.2) is 25.4 Å². The first-order valence-corrected chi connectivity index (χ1v) is 8.04. The second-order valence-corrected chi connectivity index (χ2v) is 7.25. The van der Waals surface area contributed by atoms with Gasteiger partial charge in [-0.05, 0) is 29.2 Å². The molecule has 0 fully saturated rings. The summed E-state index contributed by atoms with van der Waals surface area (Å²) in [4.78, 5) is 4.49. The standard InChI is InChI=1S/C18H16F3N5/c1-17(2,3)11-6-14(10-8-23-26-16(10)18(19,20)21)24-13-5-4-12-9(15(11)13)7-22-25-12/h4-8H,1-3H3,(H,22,25)(H,23,26). The predicted molar refractivity (Wildman–Crippen MR) is 92.7 cm³/mol. The SMILES string of the molecule is CC(C)(C)c1cc(-c2cn[nH]c2C(F)(F)F)nc2ccc3[nH]ncc3c12. The zero-order valence-corrected chi connectivity index (χ0v) is 14.4. The summed E-state index contributed by atoms with van der Waals surface area (Å²) < 4.78 is 39.8. The molecule has 8 heteroatoms. The maximum atomic E-state index is 13.3. The maximum absolute atomic E-state index is 13.3. The number of aromatic amines is 2. The highest BCUT2D eigenvalue weighted by molar-refractivity contribution is 6.07. The van der Waals surface area contributed by atoms with E-state index in [1.165, 1.54) is 6.20 Å². The van der Waals surface area contributed by atoms with Crippen LogP contribution in [0.4, 0.5) is 13.2 Å². The van der Waals surface area contributed by atoms with E-state index in [2.05, 4.69) is 20.3 Å². The van der Waals surface area contributed by atoms with Gasteiger partial charge in [0, 0.05) is 10.8 Å². The minimum Gasteiger partial charge on any atom is -0.278 e. The summed E-state index contributed by atoms with van der Waals surface area (Å²) in [6.45, 7) is 6.06. The number of fused-ring (bicyclic) bond motifs is 3. The highest BCUT2D eigenvalue weighted by Gasteiger charge is 2.36. The van der Waals surface area contributed by atoms with Gasteiger partial charge in [0.1, 0.15) is 5.69 Å². The molecule has 3 heterocycles. The van der Waals surface area contributed by atoms with Crippen LogP contribution in [-0.2, 0) is 11.6 Å². The van der Waals surface area contributed by atoms with Crippen molar-refractivity contribution in [1.82, 2.24) is 25.4 Å². The molecule has 2 N–H and O–H groups in total. The number of alkyl halides is 3. The van der Waals surface area contributed by atoms with E-state index in [1.54, 1.807) is 18.3 Å². The van der Waals surface area contributed by atoms with Gasteiger partial charge in [-0.1, -0.05) is 20.8 Å². The number of hydrogen-bond acceptors (Lipinski definition) is 3. The van der Waals surface area contributed by atoms with Gasteiger partial charge < -0.3 is 0 Å². The number of benzene rings is 1. The van der Waals surface area contributed by atoms with E-state index in [0.29, 0.717) is 5.52 Å². The average molecular weight is 359 g/mol. The highest BCUT2D eigenvalue weighted by Crippen LogP contribution is 2.39. The minimum absolute atomic E-state index is 0.0582. The van der Waals surface area contributed by atoms with E-state index in [0.717, 1.165) is 21.9 Å². The van der Waals surface area contributed by atoms with E-state index >= 15 is 0 Å². The summed E-state index contributed by atoms with van der Waals surface area (Å²) in [5.41, 5.74) is 1.37. The lowest BCUT2D eigenvalue weighted by atomic mass is 9.83. The topological polar surface area (TPSA) is 70.2 Å². The Labute approximate surface area is 146 Å². The van der Waals surface area contributed by atoms with E-state index in [-0.39, 0.29) is 16.7 Å². The quantitative estimate of drug-likeness (QED) is 0.512. The van der Waals surface area contributed by atoms with Crippen molar-refractivity contribution in [2.24, 2.45) is 0 Å². The Hall–Kier alpha value is -2.90. The number of hydrogen-bond donors (Lipinski definition) is 2. The molecule has 3 aromatic heterocycles. The lowest BCUT2D eigenvalue weighted by Crippen LogP contribution is -2.13. The van der Waals surface area contributed by atoms with Crippen LogP contribution in [0.15, 0.2) is 30.6 Å². The molecule has 0 unspecified atom stereocenters. The molecule has 0 saturated carbocycles. The Morgan fingerprint density at radius 2 is 1.69 bits per heavy atom. The summed E-state index contributed by atoms with van der Waals surface area (Å²) in [6.07, 6.45) is -1.65. The molecule has 0 aliphatic carbocycles. The molecular weight excluding hydrogens is 343 g/mol. The molecule has 0 bridgehead atoms. The van der Waals surface area contributed by atoms with Crippen molar-refractivity contribution >= 4 is 21.8 Å². The van der Waals surface area contributed by atoms with E-state index in [4.69, 9.17) is 0 Å². The number of rotatable bonds is 1. The molecule has 4 aromatic rings. The summed E-state index contributed by atoms with van der Waals surface area (Å²) in [5.74, 6) is 0. The van der Waals surface area contributed by atoms with E-state index in [1.807, 2.05) is 31.9 Å². The van der Waals surface area contributed by atoms with Gasteiger partial charge in [0.05, 0.1) is 34.7 Å². The molecule has 0 aliphatic rings. The number of H-pyrrole nitrogens is 2. The minimum atomic E-state index is -4.53. The fourth-order valence-corrected chi connectivity index (χ4v) is 3.18. The number of nitrogens with zero attached hydrogens (tertiary/aromatic N) is 3. The van der Waals surface area contributed by atoms with Crippen LogP contribution in [0.3, 0.4) is 0 Å². The van der Waals surface area contributed by atoms with Crippen molar-refractivity contribution in [3.8, 4) is 11.3 Å². The van der Waals surface area contributed by atoms with Crippen molar-refractivity contribution < 1.29 is 13.2 Å². The first-order valence-electron chi connectivity index (χ1n) is 8.04. The van der Waals surface area contributed by atoms with Crippen molar-refractivity contribution in [1.29, 1.82) is 0 Å². The van der Waals surface area contributed by atoms with Gasteiger partial charge in [0.25, 0.3) is 0 Å². The molecule has 0 atom stereocenters. The molecule has 134 valence electrons. The molecule has 1 aromatic carbocycles. The lowest BCUT2D eigenvalue weighted by Gasteiger charge is -2.22. The fourth-order valence-electron chi connectivity index (χ4n) is 3.18. The van der Waals surface area contributed by atoms with Crippen LogP contribution in [0.1, 0.15) is 32.0 Å². The third kappa shape index (κ3) is 2.53. The van der Waals surface area contributed by atoms with Crippen molar-refractivity contribution in [2.75, 3.05) is 0 Å². The Morgan fingerprint density at radius 3 is 2.38 bits per heavy atom. The van der Waals surface area contributed by atoms with Crippen LogP contribution in [0.25, 0.3) is 33.1 Å². The Morgan fingerprint density at radius 1 is 0.962 bits per heavy atom. The molecule has 0 saturated heterocycles. The smallest absolute Gasteiger partial charge is 0.278 e. The molecule has 0 amide bonds. The second kappa shape index (κ2) is 5.30. The van der Waals surface area contributed by atoms with Gasteiger partial charge >= 0.3 is 6.18 Å². The average Bonchev–Trinajstić information content (AvgIpc) is 3.21. The fraction of sp³-hybridized carbons (Fsp3) is 0.278. The summed E-state index contributed by atoms with van der Waals surface area (Å²) in [6, 6.07) is 5.34. The molecule has 0 radical (unpaired) electrons. The first-order chi connectivity index (χ1) is 12.2. The molecule has 0 spiro atoms. The summed E-state index contributed by atoms with van der Waals surface area (Å²) in [7, 11) is 0. The predicted octanol–water partition coefficient (Wildman–Crippen LogP) is 4.82. The zero-order valence-electron chi connectivity index (χ0n) is 14.4. The normalized spacial score (nSPS) is 13.0. The first kappa shape index (κ1) is 16.6. The Balaban J connectivity index is 2.08. The van der Waals surface area contributed by atoms with Gasteiger partial charge in [-0.3, -0.25) is 10.2 Å². The van der Waals surface area contributed by atoms with Crippen molar-refractivity contribution in [2.45, 2.75) is 32.4 Å². The van der Waals surface area contributed by atoms with Gasteiger partial charge in [0.15, 0.2) is 0 Å². The third-order valence-electron chi connectivity index (χ3n) is 4.40. The zero-order chi connectivity index (χ0) is 18.7. The number of halogens is 3. The van der Waals surface area contributed by atoms with Crippen LogP contribution >= 0.6 is 0 Å². The second-order valence-electron chi connectivity index (χ2n) is 7.25. The third-order valence-corrected chi connectivity index (χ3v) is 4.40. The van der Waals surface area contributed by atoms with Crippen LogP contribution in [0.5, 0.6) is 0 Å². The maximum Gasteiger partial charge on any atom is 0.433 e.